The second-order valence-electron chi connectivity index (χ2n) is 5.54. The van der Waals surface area contributed by atoms with Gasteiger partial charge in [0.15, 0.2) is 0 Å². The Balaban J connectivity index is 2.11. The van der Waals surface area contributed by atoms with Gasteiger partial charge in [0.2, 0.25) is 11.7 Å². The van der Waals surface area contributed by atoms with Gasteiger partial charge in [0, 0.05) is 25.6 Å². The van der Waals surface area contributed by atoms with E-state index >= 15 is 0 Å². The monoisotopic (exact) mass is 295 g/mol. The molecule has 0 saturated carbocycles. The van der Waals surface area contributed by atoms with E-state index in [0.717, 1.165) is 19.3 Å². The van der Waals surface area contributed by atoms with Crippen LogP contribution in [-0.4, -0.2) is 43.9 Å². The molecule has 0 aliphatic carbocycles. The number of nitrogens with two attached hydrogens (primary N) is 1. The molecule has 21 heavy (non-hydrogen) atoms. The van der Waals surface area contributed by atoms with Crippen LogP contribution in [-0.2, 0) is 11.3 Å². The Hall–Kier alpha value is -1.96. The lowest BCUT2D eigenvalue weighted by Crippen LogP contribution is -2.52. The average molecular weight is 295 g/mol. The van der Waals surface area contributed by atoms with Crippen LogP contribution in [0.4, 0.5) is 5.82 Å². The topological polar surface area (TPSA) is 107 Å². The van der Waals surface area contributed by atoms with Crippen molar-refractivity contribution in [3.8, 4) is 0 Å². The Kier molecular flexibility index (Phi) is 4.56. The summed E-state index contributed by atoms with van der Waals surface area (Å²) in [5.74, 6) is 0.166. The molecule has 2 heterocycles. The molecule has 0 aromatic carbocycles. The molecule has 1 aliphatic heterocycles. The van der Waals surface area contributed by atoms with Gasteiger partial charge in [-0.2, -0.15) is 0 Å². The van der Waals surface area contributed by atoms with Crippen molar-refractivity contribution < 1.29 is 9.72 Å². The predicted octanol–water partition coefficient (Wildman–Crippen LogP) is 0.828. The minimum atomic E-state index is -0.556. The molecule has 1 aromatic rings. The summed E-state index contributed by atoms with van der Waals surface area (Å²) in [5.41, 5.74) is 5.96. The van der Waals surface area contributed by atoms with E-state index in [9.17, 15) is 14.9 Å². The van der Waals surface area contributed by atoms with Gasteiger partial charge in [0.25, 0.3) is 0 Å². The number of carbonyl (C=O) groups is 1. The number of amides is 1. The zero-order chi connectivity index (χ0) is 15.6. The summed E-state index contributed by atoms with van der Waals surface area (Å²) in [4.78, 5) is 28.3. The number of carbonyl (C=O) groups excluding carboxylic acids is 1. The van der Waals surface area contributed by atoms with Crippen LogP contribution in [0, 0.1) is 17.0 Å². The number of nitrogens with zero attached hydrogens (tertiary/aromatic N) is 4. The summed E-state index contributed by atoms with van der Waals surface area (Å²) in [7, 11) is 0. The molecule has 0 radical (unpaired) electrons. The van der Waals surface area contributed by atoms with Gasteiger partial charge in [0.05, 0.1) is 0 Å². The van der Waals surface area contributed by atoms with E-state index in [2.05, 4.69) is 4.98 Å². The van der Waals surface area contributed by atoms with Gasteiger partial charge in [-0.3, -0.25) is 9.36 Å². The number of hydrogen-bond acceptors (Lipinski definition) is 5. The normalized spacial score (nSPS) is 20.3. The molecule has 2 rings (SSSR count). The number of rotatable bonds is 4. The van der Waals surface area contributed by atoms with E-state index < -0.39 is 4.92 Å². The van der Waals surface area contributed by atoms with Gasteiger partial charge in [0.1, 0.15) is 12.7 Å². The molecule has 0 bridgehead atoms. The van der Waals surface area contributed by atoms with E-state index in [4.69, 9.17) is 5.73 Å². The molecule has 2 N–H and O–H groups in total. The zero-order valence-electron chi connectivity index (χ0n) is 12.4. The standard InChI is InChI=1S/C13H21N5O3/c1-9(14)11-5-3-4-6-17(11)13(19)8-16-7-12(18(20)21)15-10(16)2/h7,9,11H,3-6,8,14H2,1-2H3. The summed E-state index contributed by atoms with van der Waals surface area (Å²) in [6, 6.07) is -0.0301. The van der Waals surface area contributed by atoms with Gasteiger partial charge in [-0.15, -0.1) is 0 Å². The van der Waals surface area contributed by atoms with E-state index in [-0.39, 0.29) is 30.4 Å². The van der Waals surface area contributed by atoms with Gasteiger partial charge in [-0.1, -0.05) is 0 Å². The molecule has 1 saturated heterocycles. The molecule has 2 atom stereocenters. The Morgan fingerprint density at radius 1 is 1.62 bits per heavy atom. The van der Waals surface area contributed by atoms with Crippen LogP contribution in [0.15, 0.2) is 6.20 Å². The molecule has 2 unspecified atom stereocenters. The maximum Gasteiger partial charge on any atom is 0.381 e. The molecule has 1 aromatic heterocycles. The van der Waals surface area contributed by atoms with Crippen molar-refractivity contribution in [3.63, 3.8) is 0 Å². The third-order valence-corrected chi connectivity index (χ3v) is 3.93. The number of aryl methyl sites for hydroxylation is 1. The summed E-state index contributed by atoms with van der Waals surface area (Å²) in [5, 5.41) is 10.7. The minimum Gasteiger partial charge on any atom is -0.358 e. The molecule has 0 spiro atoms. The van der Waals surface area contributed by atoms with E-state index in [1.807, 2.05) is 6.92 Å². The third-order valence-electron chi connectivity index (χ3n) is 3.93. The van der Waals surface area contributed by atoms with Gasteiger partial charge >= 0.3 is 5.82 Å². The maximum absolute atomic E-state index is 12.5. The van der Waals surface area contributed by atoms with Gasteiger partial charge < -0.3 is 20.7 Å². The molecule has 1 amide bonds. The van der Waals surface area contributed by atoms with Gasteiger partial charge in [-0.25, -0.2) is 0 Å². The molecule has 8 nitrogen and oxygen atoms in total. The lowest BCUT2D eigenvalue weighted by atomic mass is 9.97. The lowest BCUT2D eigenvalue weighted by Gasteiger charge is -2.38. The minimum absolute atomic E-state index is 0.0464. The highest BCUT2D eigenvalue weighted by molar-refractivity contribution is 5.76. The molecule has 116 valence electrons. The highest BCUT2D eigenvalue weighted by Gasteiger charge is 2.30. The smallest absolute Gasteiger partial charge is 0.358 e. The SMILES string of the molecule is Cc1nc([N+](=O)[O-])cn1CC(=O)N1CCCCC1C(C)N. The maximum atomic E-state index is 12.5. The van der Waals surface area contributed by atoms with E-state index in [0.29, 0.717) is 12.4 Å². The van der Waals surface area contributed by atoms with Gasteiger partial charge in [-0.05, 0) is 36.1 Å². The number of likely N-dealkylation sites (tertiary alicyclic amines) is 1. The summed E-state index contributed by atoms with van der Waals surface area (Å²) in [6.07, 6.45) is 4.26. The molecule has 8 heteroatoms. The second kappa shape index (κ2) is 6.21. The van der Waals surface area contributed by atoms with Crippen LogP contribution in [0.5, 0.6) is 0 Å². The van der Waals surface area contributed by atoms with Crippen LogP contribution < -0.4 is 5.73 Å². The highest BCUT2D eigenvalue weighted by atomic mass is 16.6. The number of hydrogen-bond donors (Lipinski definition) is 1. The Bertz CT molecular complexity index is 540. The van der Waals surface area contributed by atoms with Crippen molar-refractivity contribution in [1.29, 1.82) is 0 Å². The van der Waals surface area contributed by atoms with Crippen LogP contribution >= 0.6 is 0 Å². The fraction of sp³-hybridized carbons (Fsp3) is 0.692. The van der Waals surface area contributed by atoms with Crippen molar-refractivity contribution in [2.24, 2.45) is 5.73 Å². The molecule has 1 aliphatic rings. The average Bonchev–Trinajstić information content (AvgIpc) is 2.80. The fourth-order valence-corrected chi connectivity index (χ4v) is 2.79. The van der Waals surface area contributed by atoms with Crippen molar-refractivity contribution in [3.05, 3.63) is 22.1 Å². The lowest BCUT2D eigenvalue weighted by molar-refractivity contribution is -0.389. The van der Waals surface area contributed by atoms with E-state index in [1.54, 1.807) is 11.8 Å². The van der Waals surface area contributed by atoms with Crippen molar-refractivity contribution in [2.75, 3.05) is 6.54 Å². The zero-order valence-corrected chi connectivity index (χ0v) is 12.4. The molecule has 1 fully saturated rings. The van der Waals surface area contributed by atoms with Crippen molar-refractivity contribution >= 4 is 11.7 Å². The summed E-state index contributed by atoms with van der Waals surface area (Å²) in [6.45, 7) is 4.32. The van der Waals surface area contributed by atoms with Crippen LogP contribution in [0.25, 0.3) is 0 Å². The quantitative estimate of drug-likeness (QED) is 0.654. The molecular weight excluding hydrogens is 274 g/mol. The van der Waals surface area contributed by atoms with Crippen LogP contribution in [0.1, 0.15) is 32.0 Å². The Morgan fingerprint density at radius 3 is 2.90 bits per heavy atom. The first-order chi connectivity index (χ1) is 9.90. The number of nitro groups is 1. The Morgan fingerprint density at radius 2 is 2.33 bits per heavy atom. The summed E-state index contributed by atoms with van der Waals surface area (Å²) >= 11 is 0. The fourth-order valence-electron chi connectivity index (χ4n) is 2.79. The first kappa shape index (κ1) is 15.4. The van der Waals surface area contributed by atoms with Crippen molar-refractivity contribution in [2.45, 2.75) is 51.7 Å². The Labute approximate surface area is 123 Å². The number of imidazole rings is 1. The largest absolute Gasteiger partial charge is 0.381 e. The summed E-state index contributed by atoms with van der Waals surface area (Å²) < 4.78 is 1.52. The van der Waals surface area contributed by atoms with Crippen molar-refractivity contribution in [1.82, 2.24) is 14.5 Å². The first-order valence-electron chi connectivity index (χ1n) is 7.13. The first-order valence-corrected chi connectivity index (χ1v) is 7.13. The van der Waals surface area contributed by atoms with Crippen LogP contribution in [0.2, 0.25) is 0 Å². The highest BCUT2D eigenvalue weighted by Crippen LogP contribution is 2.20. The van der Waals surface area contributed by atoms with Crippen LogP contribution in [0.3, 0.4) is 0 Å². The number of aromatic nitrogens is 2. The molecular formula is C13H21N5O3. The third kappa shape index (κ3) is 3.38. The predicted molar refractivity (Wildman–Crippen MR) is 76.6 cm³/mol. The second-order valence-corrected chi connectivity index (χ2v) is 5.54. The van der Waals surface area contributed by atoms with E-state index in [1.165, 1.54) is 10.8 Å². The number of piperidine rings is 1.